The summed E-state index contributed by atoms with van der Waals surface area (Å²) in [6, 6.07) is 22.4. The average Bonchev–Trinajstić information content (AvgIpc) is 2.48. The Kier molecular flexibility index (Phi) is 3.47. The smallest absolute Gasteiger partial charge is 0.0705 e. The third-order valence-electron chi connectivity index (χ3n) is 3.21. The van der Waals surface area contributed by atoms with Crippen LogP contribution in [0.2, 0.25) is 0 Å². The highest BCUT2D eigenvalue weighted by Gasteiger charge is 2.09. The normalized spacial score (nSPS) is 12.5. The predicted molar refractivity (Wildman–Crippen MR) is 80.5 cm³/mol. The molecular formula is C17H14ClN. The largest absolute Gasteiger partial charge is 0.253 e. The fourth-order valence-corrected chi connectivity index (χ4v) is 2.49. The predicted octanol–water partition coefficient (Wildman–Crippen LogP) is 4.76. The summed E-state index contributed by atoms with van der Waals surface area (Å²) < 4.78 is 0. The van der Waals surface area contributed by atoms with Crippen LogP contribution in [0.25, 0.3) is 10.9 Å². The number of nitrogens with zero attached hydrogens (tertiary/aromatic N) is 1. The highest BCUT2D eigenvalue weighted by molar-refractivity contribution is 6.20. The van der Waals surface area contributed by atoms with Gasteiger partial charge in [0.25, 0.3) is 0 Å². The number of para-hydroxylation sites is 1. The summed E-state index contributed by atoms with van der Waals surface area (Å²) in [6.45, 7) is 0. The number of hydrogen-bond donors (Lipinski definition) is 0. The second-order valence-corrected chi connectivity index (χ2v) is 5.10. The van der Waals surface area contributed by atoms with Gasteiger partial charge in [-0.2, -0.15) is 0 Å². The number of aromatic nitrogens is 1. The summed E-state index contributed by atoms with van der Waals surface area (Å²) in [6.07, 6.45) is 0.746. The van der Waals surface area contributed by atoms with Gasteiger partial charge in [-0.1, -0.05) is 54.6 Å². The van der Waals surface area contributed by atoms with Crippen LogP contribution in [0.4, 0.5) is 0 Å². The Bertz CT molecular complexity index is 679. The van der Waals surface area contributed by atoms with Crippen LogP contribution in [-0.2, 0) is 6.42 Å². The lowest BCUT2D eigenvalue weighted by atomic mass is 10.1. The molecule has 0 aliphatic carbocycles. The Morgan fingerprint density at radius 2 is 1.58 bits per heavy atom. The van der Waals surface area contributed by atoms with Gasteiger partial charge in [-0.15, -0.1) is 11.6 Å². The number of halogens is 1. The Balaban J connectivity index is 1.85. The number of benzene rings is 2. The van der Waals surface area contributed by atoms with Crippen molar-refractivity contribution in [2.24, 2.45) is 0 Å². The molecule has 2 aromatic carbocycles. The monoisotopic (exact) mass is 267 g/mol. The average molecular weight is 268 g/mol. The van der Waals surface area contributed by atoms with E-state index in [4.69, 9.17) is 11.6 Å². The summed E-state index contributed by atoms with van der Waals surface area (Å²) in [5.74, 6) is 0. The molecule has 1 aromatic heterocycles. The van der Waals surface area contributed by atoms with Crippen molar-refractivity contribution in [2.75, 3.05) is 0 Å². The van der Waals surface area contributed by atoms with Crippen LogP contribution in [0.3, 0.4) is 0 Å². The first-order valence-electron chi connectivity index (χ1n) is 6.36. The molecule has 0 aliphatic rings. The molecule has 0 amide bonds. The molecular weight excluding hydrogens is 254 g/mol. The number of pyridine rings is 1. The first-order chi connectivity index (χ1) is 9.33. The molecule has 2 heteroatoms. The molecule has 0 spiro atoms. The number of hydrogen-bond acceptors (Lipinski definition) is 1. The molecule has 1 nitrogen and oxygen atoms in total. The third-order valence-corrected chi connectivity index (χ3v) is 3.61. The summed E-state index contributed by atoms with van der Waals surface area (Å²) in [4.78, 5) is 4.66. The maximum Gasteiger partial charge on any atom is 0.0705 e. The van der Waals surface area contributed by atoms with Gasteiger partial charge in [0, 0.05) is 17.5 Å². The molecule has 1 atom stereocenters. The van der Waals surface area contributed by atoms with Crippen LogP contribution in [0.1, 0.15) is 16.6 Å². The first kappa shape index (κ1) is 12.2. The zero-order valence-electron chi connectivity index (χ0n) is 10.5. The van der Waals surface area contributed by atoms with Crippen LogP contribution in [0.15, 0.2) is 66.7 Å². The molecule has 0 saturated heterocycles. The van der Waals surface area contributed by atoms with Crippen molar-refractivity contribution in [3.63, 3.8) is 0 Å². The van der Waals surface area contributed by atoms with Gasteiger partial charge < -0.3 is 0 Å². The molecule has 3 rings (SSSR count). The molecule has 94 valence electrons. The first-order valence-corrected chi connectivity index (χ1v) is 6.80. The van der Waals surface area contributed by atoms with E-state index in [1.165, 1.54) is 0 Å². The van der Waals surface area contributed by atoms with Crippen molar-refractivity contribution < 1.29 is 0 Å². The zero-order valence-corrected chi connectivity index (χ0v) is 11.2. The molecule has 0 bridgehead atoms. The molecule has 0 fully saturated rings. The van der Waals surface area contributed by atoms with E-state index in [1.54, 1.807) is 0 Å². The fourth-order valence-electron chi connectivity index (χ4n) is 2.19. The van der Waals surface area contributed by atoms with Crippen LogP contribution in [0.5, 0.6) is 0 Å². The van der Waals surface area contributed by atoms with Crippen LogP contribution in [-0.4, -0.2) is 4.98 Å². The minimum atomic E-state index is -0.0325. The van der Waals surface area contributed by atoms with E-state index in [0.717, 1.165) is 28.6 Å². The zero-order chi connectivity index (χ0) is 13.1. The maximum atomic E-state index is 6.45. The van der Waals surface area contributed by atoms with E-state index in [-0.39, 0.29) is 5.38 Å². The summed E-state index contributed by atoms with van der Waals surface area (Å²) in [7, 11) is 0. The van der Waals surface area contributed by atoms with Crippen molar-refractivity contribution in [3.8, 4) is 0 Å². The Labute approximate surface area is 117 Å². The number of rotatable bonds is 3. The van der Waals surface area contributed by atoms with Crippen molar-refractivity contribution in [2.45, 2.75) is 11.8 Å². The van der Waals surface area contributed by atoms with Crippen molar-refractivity contribution in [1.82, 2.24) is 4.98 Å². The van der Waals surface area contributed by atoms with E-state index in [9.17, 15) is 0 Å². The van der Waals surface area contributed by atoms with E-state index in [2.05, 4.69) is 35.3 Å². The van der Waals surface area contributed by atoms with Crippen molar-refractivity contribution in [3.05, 3.63) is 78.0 Å². The summed E-state index contributed by atoms with van der Waals surface area (Å²) in [5, 5.41) is 1.13. The highest BCUT2D eigenvalue weighted by Crippen LogP contribution is 2.24. The standard InChI is InChI=1S/C17H14ClN/c18-16(13-6-2-1-3-7-13)12-15-11-10-14-8-4-5-9-17(14)19-15/h1-11,16H,12H2. The van der Waals surface area contributed by atoms with Crippen molar-refractivity contribution >= 4 is 22.5 Å². The highest BCUT2D eigenvalue weighted by atomic mass is 35.5. The Morgan fingerprint density at radius 1 is 0.842 bits per heavy atom. The van der Waals surface area contributed by atoms with E-state index in [0.29, 0.717) is 0 Å². The van der Waals surface area contributed by atoms with Gasteiger partial charge in [0.1, 0.15) is 0 Å². The van der Waals surface area contributed by atoms with Crippen LogP contribution < -0.4 is 0 Å². The minimum absolute atomic E-state index is 0.0325. The van der Waals surface area contributed by atoms with Gasteiger partial charge >= 0.3 is 0 Å². The second-order valence-electron chi connectivity index (χ2n) is 4.58. The second kappa shape index (κ2) is 5.41. The van der Waals surface area contributed by atoms with Crippen LogP contribution >= 0.6 is 11.6 Å². The topological polar surface area (TPSA) is 12.9 Å². The SMILES string of the molecule is ClC(Cc1ccc2ccccc2n1)c1ccccc1. The lowest BCUT2D eigenvalue weighted by Gasteiger charge is -2.09. The van der Waals surface area contributed by atoms with E-state index >= 15 is 0 Å². The molecule has 0 saturated carbocycles. The third kappa shape index (κ3) is 2.77. The van der Waals surface area contributed by atoms with E-state index in [1.807, 2.05) is 36.4 Å². The van der Waals surface area contributed by atoms with Gasteiger partial charge in [-0.05, 0) is 17.7 Å². The lowest BCUT2D eigenvalue weighted by molar-refractivity contribution is 0.888. The quantitative estimate of drug-likeness (QED) is 0.624. The van der Waals surface area contributed by atoms with Gasteiger partial charge in [0.15, 0.2) is 0 Å². The van der Waals surface area contributed by atoms with Crippen LogP contribution in [0, 0.1) is 0 Å². The molecule has 19 heavy (non-hydrogen) atoms. The van der Waals surface area contributed by atoms with Gasteiger partial charge in [-0.25, -0.2) is 0 Å². The van der Waals surface area contributed by atoms with E-state index < -0.39 is 0 Å². The maximum absolute atomic E-state index is 6.45. The molecule has 0 radical (unpaired) electrons. The van der Waals surface area contributed by atoms with Gasteiger partial charge in [0.2, 0.25) is 0 Å². The van der Waals surface area contributed by atoms with Gasteiger partial charge in [-0.3, -0.25) is 4.98 Å². The van der Waals surface area contributed by atoms with Gasteiger partial charge in [0.05, 0.1) is 10.9 Å². The molecule has 0 aliphatic heterocycles. The fraction of sp³-hybridized carbons (Fsp3) is 0.118. The molecule has 3 aromatic rings. The molecule has 1 unspecified atom stereocenters. The summed E-state index contributed by atoms with van der Waals surface area (Å²) >= 11 is 6.45. The number of fused-ring (bicyclic) bond motifs is 1. The minimum Gasteiger partial charge on any atom is -0.253 e. The lowest BCUT2D eigenvalue weighted by Crippen LogP contribution is -1.98. The summed E-state index contributed by atoms with van der Waals surface area (Å²) in [5.41, 5.74) is 3.19. The molecule has 1 heterocycles. The molecule has 0 N–H and O–H groups in total. The van der Waals surface area contributed by atoms with Crippen molar-refractivity contribution in [1.29, 1.82) is 0 Å². The number of alkyl halides is 1. The Hall–Kier alpha value is -1.86. The Morgan fingerprint density at radius 3 is 2.42 bits per heavy atom.